The van der Waals surface area contributed by atoms with E-state index in [1.165, 1.54) is 6.20 Å². The van der Waals surface area contributed by atoms with Crippen LogP contribution in [-0.4, -0.2) is 36.1 Å². The molecule has 5 nitrogen and oxygen atoms in total. The first-order valence-electron chi connectivity index (χ1n) is 6.34. The Morgan fingerprint density at radius 3 is 3.00 bits per heavy atom. The summed E-state index contributed by atoms with van der Waals surface area (Å²) in [5, 5.41) is 3.18. The highest BCUT2D eigenvalue weighted by atomic mass is 32.2. The number of nitrogens with two attached hydrogens (primary N) is 1. The Morgan fingerprint density at radius 2 is 2.32 bits per heavy atom. The topological polar surface area (TPSA) is 77.2 Å². The zero-order valence-corrected chi connectivity index (χ0v) is 12.3. The predicted molar refractivity (Wildman–Crippen MR) is 80.7 cm³/mol. The minimum absolute atomic E-state index is 0.331. The molecule has 6 heteroatoms. The summed E-state index contributed by atoms with van der Waals surface area (Å²) in [5.41, 5.74) is 6.42. The summed E-state index contributed by atoms with van der Waals surface area (Å²) in [6.07, 6.45) is 5.81. The molecule has 0 bridgehead atoms. The van der Waals surface area contributed by atoms with Crippen molar-refractivity contribution in [3.63, 3.8) is 0 Å². The molecular formula is C13H21N3O2S. The number of anilines is 2. The van der Waals surface area contributed by atoms with Crippen LogP contribution in [-0.2, 0) is 4.74 Å². The summed E-state index contributed by atoms with van der Waals surface area (Å²) < 4.78 is 4.94. The van der Waals surface area contributed by atoms with Crippen LogP contribution in [0.15, 0.2) is 12.3 Å². The average molecular weight is 283 g/mol. The number of nitrogens with one attached hydrogen (secondary N) is 1. The van der Waals surface area contributed by atoms with Crippen LogP contribution in [0.3, 0.4) is 0 Å². The molecule has 0 spiro atoms. The smallest absolute Gasteiger partial charge is 0.340 e. The lowest BCUT2D eigenvalue weighted by molar-refractivity contribution is 0.0527. The van der Waals surface area contributed by atoms with Crippen LogP contribution in [0.1, 0.15) is 30.1 Å². The molecule has 1 heterocycles. The highest BCUT2D eigenvalue weighted by molar-refractivity contribution is 7.98. The highest BCUT2D eigenvalue weighted by Gasteiger charge is 2.12. The second-order valence-corrected chi connectivity index (χ2v) is 4.99. The zero-order valence-electron chi connectivity index (χ0n) is 11.4. The fourth-order valence-electron chi connectivity index (χ4n) is 1.54. The number of nitrogen functional groups attached to an aromatic ring is 1. The van der Waals surface area contributed by atoms with Crippen LogP contribution in [0.5, 0.6) is 0 Å². The summed E-state index contributed by atoms with van der Waals surface area (Å²) in [5.74, 6) is 1.40. The largest absolute Gasteiger partial charge is 0.462 e. The number of aromatic nitrogens is 1. The van der Waals surface area contributed by atoms with Crippen molar-refractivity contribution in [1.29, 1.82) is 0 Å². The van der Waals surface area contributed by atoms with Gasteiger partial charge in [0, 0.05) is 6.54 Å². The van der Waals surface area contributed by atoms with Gasteiger partial charge in [-0.2, -0.15) is 11.8 Å². The Balaban J connectivity index is 2.55. The maximum Gasteiger partial charge on any atom is 0.340 e. The molecule has 1 aromatic heterocycles. The normalized spacial score (nSPS) is 10.2. The maximum atomic E-state index is 11.7. The van der Waals surface area contributed by atoms with E-state index in [0.717, 1.165) is 25.1 Å². The minimum atomic E-state index is -0.409. The van der Waals surface area contributed by atoms with Crippen molar-refractivity contribution in [2.24, 2.45) is 0 Å². The van der Waals surface area contributed by atoms with E-state index in [0.29, 0.717) is 23.7 Å². The van der Waals surface area contributed by atoms with Gasteiger partial charge in [0.25, 0.3) is 0 Å². The van der Waals surface area contributed by atoms with Crippen LogP contribution in [0.4, 0.5) is 11.5 Å². The first-order chi connectivity index (χ1) is 9.19. The lowest BCUT2D eigenvalue weighted by atomic mass is 10.2. The summed E-state index contributed by atoms with van der Waals surface area (Å²) in [4.78, 5) is 15.8. The molecule has 0 saturated heterocycles. The first-order valence-corrected chi connectivity index (χ1v) is 7.73. The quantitative estimate of drug-likeness (QED) is 0.563. The molecule has 0 aliphatic heterocycles. The van der Waals surface area contributed by atoms with Crippen LogP contribution in [0.25, 0.3) is 0 Å². The Bertz CT molecular complexity index is 413. The van der Waals surface area contributed by atoms with Crippen molar-refractivity contribution in [1.82, 2.24) is 4.98 Å². The van der Waals surface area contributed by atoms with Gasteiger partial charge >= 0.3 is 5.97 Å². The van der Waals surface area contributed by atoms with Crippen molar-refractivity contribution < 1.29 is 9.53 Å². The lowest BCUT2D eigenvalue weighted by Crippen LogP contribution is -2.11. The van der Waals surface area contributed by atoms with Gasteiger partial charge in [-0.1, -0.05) is 0 Å². The van der Waals surface area contributed by atoms with Crippen LogP contribution in [0, 0.1) is 0 Å². The molecule has 0 fully saturated rings. The van der Waals surface area contributed by atoms with Gasteiger partial charge in [-0.3, -0.25) is 0 Å². The number of nitrogens with zero attached hydrogens (tertiary/aromatic N) is 1. The zero-order chi connectivity index (χ0) is 14.1. The summed E-state index contributed by atoms with van der Waals surface area (Å²) in [7, 11) is 0. The fraction of sp³-hybridized carbons (Fsp3) is 0.538. The molecule has 1 rings (SSSR count). The van der Waals surface area contributed by atoms with E-state index in [9.17, 15) is 4.79 Å². The molecule has 0 atom stereocenters. The van der Waals surface area contributed by atoms with E-state index >= 15 is 0 Å². The summed E-state index contributed by atoms with van der Waals surface area (Å²) >= 11 is 1.84. The third-order valence-corrected chi connectivity index (χ3v) is 3.21. The molecule has 1 aromatic rings. The number of hydrogen-bond acceptors (Lipinski definition) is 6. The van der Waals surface area contributed by atoms with Crippen LogP contribution in [0.2, 0.25) is 0 Å². The third-order valence-electron chi connectivity index (χ3n) is 2.51. The first kappa shape index (κ1) is 15.6. The lowest BCUT2D eigenvalue weighted by Gasteiger charge is -2.09. The Hall–Kier alpha value is -1.43. The third kappa shape index (κ3) is 5.38. The van der Waals surface area contributed by atoms with Gasteiger partial charge < -0.3 is 15.8 Å². The van der Waals surface area contributed by atoms with Gasteiger partial charge in [-0.15, -0.1) is 0 Å². The minimum Gasteiger partial charge on any atom is -0.462 e. The van der Waals surface area contributed by atoms with Crippen molar-refractivity contribution in [3.8, 4) is 0 Å². The molecule has 3 N–H and O–H groups in total. The van der Waals surface area contributed by atoms with Crippen molar-refractivity contribution in [2.45, 2.75) is 19.8 Å². The Labute approximate surface area is 118 Å². The van der Waals surface area contributed by atoms with Gasteiger partial charge in [0.15, 0.2) is 0 Å². The predicted octanol–water partition coefficient (Wildman–Crippen LogP) is 2.40. The molecule has 0 amide bonds. The number of carbonyl (C=O) groups is 1. The van der Waals surface area contributed by atoms with E-state index in [1.54, 1.807) is 13.0 Å². The van der Waals surface area contributed by atoms with Gasteiger partial charge in [-0.25, -0.2) is 9.78 Å². The van der Waals surface area contributed by atoms with E-state index in [2.05, 4.69) is 16.6 Å². The molecule has 0 aliphatic rings. The van der Waals surface area contributed by atoms with Gasteiger partial charge in [0.1, 0.15) is 5.82 Å². The maximum absolute atomic E-state index is 11.7. The highest BCUT2D eigenvalue weighted by Crippen LogP contribution is 2.16. The number of rotatable bonds is 8. The standard InChI is InChI=1S/C13H21N3O2S/c1-3-18-13(17)10-8-12(16-9-11(10)14)15-6-4-5-7-19-2/h8-9H,3-7,14H2,1-2H3,(H,15,16). The molecule has 106 valence electrons. The molecule has 0 unspecified atom stereocenters. The SMILES string of the molecule is CCOC(=O)c1cc(NCCCCSC)ncc1N. The van der Waals surface area contributed by atoms with Gasteiger partial charge in [0.2, 0.25) is 0 Å². The van der Waals surface area contributed by atoms with Crippen molar-refractivity contribution >= 4 is 29.2 Å². The fourth-order valence-corrected chi connectivity index (χ4v) is 2.03. The van der Waals surface area contributed by atoms with E-state index in [4.69, 9.17) is 10.5 Å². The van der Waals surface area contributed by atoms with E-state index in [1.807, 2.05) is 11.8 Å². The van der Waals surface area contributed by atoms with Crippen molar-refractivity contribution in [3.05, 3.63) is 17.8 Å². The monoisotopic (exact) mass is 283 g/mol. The van der Waals surface area contributed by atoms with Crippen LogP contribution >= 0.6 is 11.8 Å². The van der Waals surface area contributed by atoms with E-state index in [-0.39, 0.29) is 0 Å². The summed E-state index contributed by atoms with van der Waals surface area (Å²) in [6, 6.07) is 1.64. The molecule has 0 radical (unpaired) electrons. The number of hydrogen-bond donors (Lipinski definition) is 2. The second kappa shape index (κ2) is 8.63. The number of thioether (sulfide) groups is 1. The number of unbranched alkanes of at least 4 members (excludes halogenated alkanes) is 1. The molecular weight excluding hydrogens is 262 g/mol. The number of esters is 1. The Kier molecular flexibility index (Phi) is 7.10. The van der Waals surface area contributed by atoms with Gasteiger partial charge in [-0.05, 0) is 37.8 Å². The number of ether oxygens (including phenoxy) is 1. The molecule has 19 heavy (non-hydrogen) atoms. The number of pyridine rings is 1. The second-order valence-electron chi connectivity index (χ2n) is 4.00. The average Bonchev–Trinajstić information content (AvgIpc) is 2.40. The molecule has 0 aromatic carbocycles. The summed E-state index contributed by atoms with van der Waals surface area (Å²) in [6.45, 7) is 2.93. The van der Waals surface area contributed by atoms with E-state index < -0.39 is 5.97 Å². The number of carbonyl (C=O) groups excluding carboxylic acids is 1. The van der Waals surface area contributed by atoms with Crippen molar-refractivity contribution in [2.75, 3.05) is 36.2 Å². The Morgan fingerprint density at radius 1 is 1.53 bits per heavy atom. The van der Waals surface area contributed by atoms with Crippen LogP contribution < -0.4 is 11.1 Å². The van der Waals surface area contributed by atoms with Gasteiger partial charge in [0.05, 0.1) is 24.1 Å². The molecule has 0 saturated carbocycles. The molecule has 0 aliphatic carbocycles.